The van der Waals surface area contributed by atoms with E-state index in [1.54, 1.807) is 0 Å². The van der Waals surface area contributed by atoms with E-state index in [2.05, 4.69) is 0 Å². The first-order valence-electron chi connectivity index (χ1n) is 6.88. The Morgan fingerprint density at radius 1 is 0.684 bits per heavy atom. The topological polar surface area (TPSA) is 36.9 Å². The Bertz CT molecular complexity index is 367. The Balaban J connectivity index is 3.31. The van der Waals surface area contributed by atoms with Gasteiger partial charge >= 0.3 is 0 Å². The lowest BCUT2D eigenvalue weighted by Crippen LogP contribution is -2.05. The third kappa shape index (κ3) is 3.69. The van der Waals surface area contributed by atoms with Crippen molar-refractivity contribution in [2.75, 3.05) is 26.4 Å². The van der Waals surface area contributed by atoms with Gasteiger partial charge in [-0.3, -0.25) is 0 Å². The van der Waals surface area contributed by atoms with Crippen molar-refractivity contribution in [3.05, 3.63) is 11.6 Å². The number of rotatable bonds is 8. The van der Waals surface area contributed by atoms with Crippen LogP contribution in [0.4, 0.5) is 0 Å². The summed E-state index contributed by atoms with van der Waals surface area (Å²) >= 11 is 0. The second kappa shape index (κ2) is 7.77. The van der Waals surface area contributed by atoms with Crippen molar-refractivity contribution >= 4 is 0 Å². The second-order valence-corrected chi connectivity index (χ2v) is 3.89. The van der Waals surface area contributed by atoms with Gasteiger partial charge in [-0.1, -0.05) is 0 Å². The van der Waals surface area contributed by atoms with E-state index < -0.39 is 0 Å². The van der Waals surface area contributed by atoms with Gasteiger partial charge in [-0.15, -0.1) is 0 Å². The van der Waals surface area contributed by atoms with Crippen molar-refractivity contribution in [3.63, 3.8) is 0 Å². The van der Waals surface area contributed by atoms with E-state index >= 15 is 0 Å². The zero-order valence-corrected chi connectivity index (χ0v) is 12.5. The number of ether oxygens (including phenoxy) is 4. The molecule has 0 amide bonds. The van der Waals surface area contributed by atoms with Crippen LogP contribution in [0.3, 0.4) is 0 Å². The fraction of sp³-hybridized carbons (Fsp3) is 0.600. The van der Waals surface area contributed by atoms with Gasteiger partial charge in [0.05, 0.1) is 26.4 Å². The molecule has 0 saturated carbocycles. The summed E-state index contributed by atoms with van der Waals surface area (Å²) in [7, 11) is 0. The minimum absolute atomic E-state index is 0.582. The van der Waals surface area contributed by atoms with Crippen LogP contribution in [0.1, 0.15) is 33.3 Å². The van der Waals surface area contributed by atoms with E-state index in [9.17, 15) is 0 Å². The molecule has 0 aliphatic heterocycles. The van der Waals surface area contributed by atoms with Crippen molar-refractivity contribution in [1.82, 2.24) is 0 Å². The SMILES string of the molecule is CCOc1cc(OCC)c(OCC)c(C)c1OCC. The number of hydrogen-bond donors (Lipinski definition) is 0. The van der Waals surface area contributed by atoms with Crippen LogP contribution in [0, 0.1) is 6.92 Å². The molecule has 0 aliphatic rings. The fourth-order valence-electron chi connectivity index (χ4n) is 1.90. The largest absolute Gasteiger partial charge is 0.490 e. The van der Waals surface area contributed by atoms with E-state index in [0.29, 0.717) is 37.9 Å². The van der Waals surface area contributed by atoms with Gasteiger partial charge in [0.1, 0.15) is 0 Å². The third-order valence-electron chi connectivity index (χ3n) is 2.57. The van der Waals surface area contributed by atoms with Crippen LogP contribution >= 0.6 is 0 Å². The van der Waals surface area contributed by atoms with E-state index in [0.717, 1.165) is 17.1 Å². The molecule has 4 nitrogen and oxygen atoms in total. The van der Waals surface area contributed by atoms with Crippen molar-refractivity contribution < 1.29 is 18.9 Å². The molecular weight excluding hydrogens is 244 g/mol. The van der Waals surface area contributed by atoms with Crippen LogP contribution < -0.4 is 18.9 Å². The van der Waals surface area contributed by atoms with Gasteiger partial charge in [-0.25, -0.2) is 0 Å². The van der Waals surface area contributed by atoms with Crippen molar-refractivity contribution in [2.45, 2.75) is 34.6 Å². The lowest BCUT2D eigenvalue weighted by atomic mass is 10.1. The molecule has 108 valence electrons. The standard InChI is InChI=1S/C15H24O4/c1-6-16-12-10-13(17-7-2)15(19-9-4)11(5)14(12)18-8-3/h10H,6-9H2,1-5H3. The highest BCUT2D eigenvalue weighted by Crippen LogP contribution is 2.44. The minimum atomic E-state index is 0.582. The molecule has 0 bridgehead atoms. The van der Waals surface area contributed by atoms with Crippen molar-refractivity contribution in [2.24, 2.45) is 0 Å². The molecule has 1 rings (SSSR count). The highest BCUT2D eigenvalue weighted by atomic mass is 16.5. The van der Waals surface area contributed by atoms with Crippen molar-refractivity contribution in [3.8, 4) is 23.0 Å². The molecule has 0 heterocycles. The monoisotopic (exact) mass is 268 g/mol. The maximum absolute atomic E-state index is 5.68. The lowest BCUT2D eigenvalue weighted by Gasteiger charge is -2.19. The van der Waals surface area contributed by atoms with E-state index in [-0.39, 0.29) is 0 Å². The Hall–Kier alpha value is -1.58. The molecule has 0 aliphatic carbocycles. The zero-order valence-electron chi connectivity index (χ0n) is 12.5. The van der Waals surface area contributed by atoms with Gasteiger partial charge in [0.2, 0.25) is 0 Å². The summed E-state index contributed by atoms with van der Waals surface area (Å²) in [6, 6.07) is 1.84. The first kappa shape index (κ1) is 15.5. The maximum atomic E-state index is 5.68. The molecule has 0 fully saturated rings. The Kier molecular flexibility index (Phi) is 6.33. The van der Waals surface area contributed by atoms with E-state index in [4.69, 9.17) is 18.9 Å². The average molecular weight is 268 g/mol. The van der Waals surface area contributed by atoms with Gasteiger partial charge in [0.25, 0.3) is 0 Å². The van der Waals surface area contributed by atoms with Gasteiger partial charge in [-0.05, 0) is 34.6 Å². The molecule has 1 aromatic carbocycles. The summed E-state index contributed by atoms with van der Waals surface area (Å²) in [5, 5.41) is 0. The van der Waals surface area contributed by atoms with Gasteiger partial charge in [0.15, 0.2) is 23.0 Å². The first-order chi connectivity index (χ1) is 9.19. The molecule has 0 N–H and O–H groups in total. The molecule has 19 heavy (non-hydrogen) atoms. The molecule has 0 radical (unpaired) electrons. The van der Waals surface area contributed by atoms with Crippen molar-refractivity contribution in [1.29, 1.82) is 0 Å². The summed E-state index contributed by atoms with van der Waals surface area (Å²) < 4.78 is 22.6. The number of hydrogen-bond acceptors (Lipinski definition) is 4. The van der Waals surface area contributed by atoms with Crippen LogP contribution in [0.25, 0.3) is 0 Å². The number of benzene rings is 1. The van der Waals surface area contributed by atoms with Crippen LogP contribution in [0.2, 0.25) is 0 Å². The molecule has 0 unspecified atom stereocenters. The smallest absolute Gasteiger partial charge is 0.168 e. The van der Waals surface area contributed by atoms with Gasteiger partial charge < -0.3 is 18.9 Å². The Labute approximate surface area is 115 Å². The predicted octanol–water partition coefficient (Wildman–Crippen LogP) is 3.59. The summed E-state index contributed by atoms with van der Waals surface area (Å²) in [4.78, 5) is 0. The molecule has 4 heteroatoms. The second-order valence-electron chi connectivity index (χ2n) is 3.89. The predicted molar refractivity (Wildman–Crippen MR) is 75.9 cm³/mol. The average Bonchev–Trinajstić information content (AvgIpc) is 2.39. The Morgan fingerprint density at radius 3 is 1.37 bits per heavy atom. The first-order valence-corrected chi connectivity index (χ1v) is 6.88. The quantitative estimate of drug-likeness (QED) is 0.722. The molecule has 0 aromatic heterocycles. The van der Waals surface area contributed by atoms with E-state index in [1.165, 1.54) is 0 Å². The molecule has 0 saturated heterocycles. The van der Waals surface area contributed by atoms with Crippen LogP contribution in [-0.4, -0.2) is 26.4 Å². The van der Waals surface area contributed by atoms with Crippen LogP contribution in [-0.2, 0) is 0 Å². The van der Waals surface area contributed by atoms with Gasteiger partial charge in [-0.2, -0.15) is 0 Å². The minimum Gasteiger partial charge on any atom is -0.490 e. The maximum Gasteiger partial charge on any atom is 0.168 e. The molecule has 0 atom stereocenters. The highest BCUT2D eigenvalue weighted by molar-refractivity contribution is 5.60. The van der Waals surface area contributed by atoms with Crippen LogP contribution in [0.5, 0.6) is 23.0 Å². The summed E-state index contributed by atoms with van der Waals surface area (Å²) in [6.45, 7) is 12.1. The molecule has 1 aromatic rings. The normalized spacial score (nSPS) is 10.2. The summed E-state index contributed by atoms with van der Waals surface area (Å²) in [5.41, 5.74) is 0.915. The van der Waals surface area contributed by atoms with E-state index in [1.807, 2.05) is 40.7 Å². The van der Waals surface area contributed by atoms with Gasteiger partial charge in [0, 0.05) is 11.6 Å². The lowest BCUT2D eigenvalue weighted by molar-refractivity contribution is 0.263. The summed E-state index contributed by atoms with van der Waals surface area (Å²) in [5.74, 6) is 2.87. The highest BCUT2D eigenvalue weighted by Gasteiger charge is 2.19. The zero-order chi connectivity index (χ0) is 14.3. The fourth-order valence-corrected chi connectivity index (χ4v) is 1.90. The third-order valence-corrected chi connectivity index (χ3v) is 2.57. The Morgan fingerprint density at radius 2 is 1.05 bits per heavy atom. The molecular formula is C15H24O4. The molecule has 0 spiro atoms. The van der Waals surface area contributed by atoms with Crippen LogP contribution in [0.15, 0.2) is 6.07 Å². The summed E-state index contributed by atoms with van der Waals surface area (Å²) in [6.07, 6.45) is 0.